The molecular formula is C38H42N4O10S. The molecule has 280 valence electrons. The normalized spacial score (nSPS) is 26.8. The number of carbonyl (C=O) groups excluding carboxylic acids is 3. The molecule has 7 atom stereocenters. The van der Waals surface area contributed by atoms with Crippen molar-refractivity contribution in [3.8, 4) is 34.8 Å². The molecule has 0 unspecified atom stereocenters. The van der Waals surface area contributed by atoms with Gasteiger partial charge < -0.3 is 38.5 Å². The van der Waals surface area contributed by atoms with Gasteiger partial charge in [0.2, 0.25) is 6.79 Å². The van der Waals surface area contributed by atoms with Gasteiger partial charge in [-0.1, -0.05) is 31.4 Å². The molecule has 0 aliphatic carbocycles. The Hall–Kier alpha value is -4.91. The van der Waals surface area contributed by atoms with Crippen molar-refractivity contribution >= 4 is 29.8 Å². The molecule has 0 spiro atoms. The van der Waals surface area contributed by atoms with Crippen LogP contribution in [0, 0.1) is 25.2 Å². The van der Waals surface area contributed by atoms with E-state index in [0.29, 0.717) is 51.9 Å². The van der Waals surface area contributed by atoms with Gasteiger partial charge in [0, 0.05) is 47.0 Å². The number of aryl methyl sites for hydroxylation is 1. The average molecular weight is 747 g/mol. The molecule has 2 saturated heterocycles. The zero-order chi connectivity index (χ0) is 37.7. The number of nitriles is 1. The number of likely N-dealkylation sites (N-methyl/N-ethyl adjacent to an activating group) is 1. The standard InChI is InChI=1S/C38H42N4O10S/c1-8-10-47-34-26-21(12-18(3)31(34)46-7)13-23-24(14-39)42-25-15-49-37(44)22(40-38(45)48-11-9-2)16-53-36(30(42)29(26)41(23)6)28-27(25)35-33(50-17-51-35)19(4)32(28)52-20(5)43/h8-9,12,22-25,29-30,36H,1-2,10-11,13,15-17H2,3-7H3,(H,40,45)/t22-,23-,24-,25-,29+,30+,36+/m0/s1. The molecule has 2 aromatic rings. The molecule has 0 radical (unpaired) electrons. The van der Waals surface area contributed by atoms with Crippen LogP contribution in [0.1, 0.15) is 57.6 Å². The highest BCUT2D eigenvalue weighted by Crippen LogP contribution is 2.64. The summed E-state index contributed by atoms with van der Waals surface area (Å²) >= 11 is 1.38. The molecule has 1 amide bonds. The Balaban J connectivity index is 1.50. The summed E-state index contributed by atoms with van der Waals surface area (Å²) < 4.78 is 41.8. The zero-order valence-corrected chi connectivity index (χ0v) is 31.1. The first-order valence-corrected chi connectivity index (χ1v) is 18.4. The molecule has 0 saturated carbocycles. The van der Waals surface area contributed by atoms with E-state index in [1.807, 2.05) is 20.9 Å². The van der Waals surface area contributed by atoms with Crippen molar-refractivity contribution in [2.45, 2.75) is 68.7 Å². The van der Waals surface area contributed by atoms with Crippen molar-refractivity contribution in [1.82, 2.24) is 15.1 Å². The number of esters is 2. The van der Waals surface area contributed by atoms with Gasteiger partial charge in [-0.25, -0.2) is 9.59 Å². The molecule has 2 aromatic carbocycles. The minimum Gasteiger partial charge on any atom is -0.493 e. The number of thioether (sulfide) groups is 1. The van der Waals surface area contributed by atoms with E-state index in [1.165, 1.54) is 24.8 Å². The third-order valence-electron chi connectivity index (χ3n) is 10.6. The average Bonchev–Trinajstić information content (AvgIpc) is 3.62. The van der Waals surface area contributed by atoms with E-state index in [-0.39, 0.29) is 38.4 Å². The maximum absolute atomic E-state index is 13.7. The van der Waals surface area contributed by atoms with Crippen molar-refractivity contribution < 1.29 is 47.5 Å². The second-order valence-electron chi connectivity index (χ2n) is 13.5. The molecule has 6 aliphatic rings. The molecular weight excluding hydrogens is 705 g/mol. The van der Waals surface area contributed by atoms with Crippen molar-refractivity contribution in [3.63, 3.8) is 0 Å². The zero-order valence-electron chi connectivity index (χ0n) is 30.3. The summed E-state index contributed by atoms with van der Waals surface area (Å²) in [5.74, 6) is 1.25. The number of hydrogen-bond acceptors (Lipinski definition) is 14. The van der Waals surface area contributed by atoms with E-state index in [2.05, 4.69) is 40.4 Å². The van der Waals surface area contributed by atoms with Gasteiger partial charge in [0.1, 0.15) is 37.7 Å². The minimum absolute atomic E-state index is 0.0443. The van der Waals surface area contributed by atoms with Crippen LogP contribution >= 0.6 is 11.8 Å². The number of hydrogen-bond donors (Lipinski definition) is 1. The van der Waals surface area contributed by atoms with Gasteiger partial charge in [0.25, 0.3) is 0 Å². The second-order valence-corrected chi connectivity index (χ2v) is 14.7. The highest BCUT2D eigenvalue weighted by molar-refractivity contribution is 7.99. The first-order chi connectivity index (χ1) is 25.6. The summed E-state index contributed by atoms with van der Waals surface area (Å²) in [5, 5.41) is 13.2. The number of carbonyl (C=O) groups is 3. The summed E-state index contributed by atoms with van der Waals surface area (Å²) in [6.45, 7) is 12.5. The summed E-state index contributed by atoms with van der Waals surface area (Å²) in [4.78, 5) is 43.7. The van der Waals surface area contributed by atoms with E-state index in [4.69, 9.17) is 33.2 Å². The number of rotatable bonds is 8. The van der Waals surface area contributed by atoms with E-state index in [1.54, 1.807) is 13.2 Å². The number of nitrogens with one attached hydrogen (secondary N) is 1. The molecule has 6 aliphatic heterocycles. The van der Waals surface area contributed by atoms with Crippen LogP contribution in [0.2, 0.25) is 0 Å². The Labute approximate surface area is 311 Å². The Morgan fingerprint density at radius 2 is 1.85 bits per heavy atom. The van der Waals surface area contributed by atoms with Gasteiger partial charge >= 0.3 is 18.0 Å². The Kier molecular flexibility index (Phi) is 9.96. The smallest absolute Gasteiger partial charge is 0.408 e. The maximum Gasteiger partial charge on any atom is 0.408 e. The number of amides is 1. The van der Waals surface area contributed by atoms with Gasteiger partial charge in [-0.2, -0.15) is 5.26 Å². The molecule has 15 heteroatoms. The van der Waals surface area contributed by atoms with Crippen molar-refractivity contribution in [2.24, 2.45) is 0 Å². The highest BCUT2D eigenvalue weighted by atomic mass is 32.2. The Morgan fingerprint density at radius 1 is 1.09 bits per heavy atom. The Bertz CT molecular complexity index is 1930. The van der Waals surface area contributed by atoms with E-state index in [0.717, 1.165) is 16.7 Å². The Morgan fingerprint density at radius 3 is 2.55 bits per heavy atom. The SMILES string of the molecule is C=CCOC(=O)N[C@H]1CS[C@@H]2c3c(OC(C)=O)c(C)c4c(c3[C@H](COC1=O)N1[C@@H]2[C@H]2c3c(cc(C)c(OC)c3OCC=C)C[C@@H]([C@@H]1C#N)N2C)OCO4. The van der Waals surface area contributed by atoms with Crippen LogP contribution in [0.15, 0.2) is 31.4 Å². The van der Waals surface area contributed by atoms with Crippen LogP contribution in [-0.2, 0) is 25.5 Å². The van der Waals surface area contributed by atoms with Crippen molar-refractivity contribution in [2.75, 3.05) is 46.5 Å². The van der Waals surface area contributed by atoms with Gasteiger partial charge in [0.05, 0.1) is 30.5 Å². The van der Waals surface area contributed by atoms with E-state index in [9.17, 15) is 19.6 Å². The number of alkyl carbamates (subject to hydrolysis) is 1. The molecule has 1 N–H and O–H groups in total. The largest absolute Gasteiger partial charge is 0.493 e. The number of piperazine rings is 1. The summed E-state index contributed by atoms with van der Waals surface area (Å²) in [5.41, 5.74) is 4.73. The molecule has 2 fully saturated rings. The number of methoxy groups -OCH3 is 1. The van der Waals surface area contributed by atoms with Crippen LogP contribution in [-0.4, -0.2) is 98.5 Å². The fourth-order valence-electron chi connectivity index (χ4n) is 8.65. The first-order valence-electron chi connectivity index (χ1n) is 17.4. The predicted molar refractivity (Wildman–Crippen MR) is 192 cm³/mol. The number of ether oxygens (including phenoxy) is 7. The highest BCUT2D eigenvalue weighted by Gasteiger charge is 2.61. The number of fused-ring (bicyclic) bond motifs is 10. The molecule has 4 bridgehead atoms. The summed E-state index contributed by atoms with van der Waals surface area (Å²) in [7, 11) is 3.62. The summed E-state index contributed by atoms with van der Waals surface area (Å²) in [6, 6.07) is 1.06. The lowest BCUT2D eigenvalue weighted by molar-refractivity contribution is -0.151. The lowest BCUT2D eigenvalue weighted by atomic mass is 9.71. The van der Waals surface area contributed by atoms with Gasteiger partial charge in [-0.15, -0.1) is 11.8 Å². The first kappa shape index (κ1) is 36.4. The second kappa shape index (κ2) is 14.5. The third kappa shape index (κ3) is 5.93. The maximum atomic E-state index is 13.7. The lowest BCUT2D eigenvalue weighted by Gasteiger charge is -2.61. The fourth-order valence-corrected chi connectivity index (χ4v) is 10.2. The van der Waals surface area contributed by atoms with Crippen LogP contribution in [0.3, 0.4) is 0 Å². The quantitative estimate of drug-likeness (QED) is 0.231. The van der Waals surface area contributed by atoms with Crippen LogP contribution in [0.4, 0.5) is 4.79 Å². The van der Waals surface area contributed by atoms with Crippen molar-refractivity contribution in [1.29, 1.82) is 5.26 Å². The van der Waals surface area contributed by atoms with E-state index < -0.39 is 53.5 Å². The summed E-state index contributed by atoms with van der Waals surface area (Å²) in [6.07, 6.45) is 2.85. The van der Waals surface area contributed by atoms with Crippen molar-refractivity contribution in [3.05, 3.63) is 64.8 Å². The van der Waals surface area contributed by atoms with Gasteiger partial charge in [-0.05, 0) is 38.4 Å². The number of nitrogens with zero attached hydrogens (tertiary/aromatic N) is 3. The van der Waals surface area contributed by atoms with Gasteiger partial charge in [0.15, 0.2) is 23.0 Å². The van der Waals surface area contributed by atoms with Crippen LogP contribution in [0.25, 0.3) is 0 Å². The predicted octanol–water partition coefficient (Wildman–Crippen LogP) is 4.37. The molecule has 8 rings (SSSR count). The monoisotopic (exact) mass is 746 g/mol. The van der Waals surface area contributed by atoms with Crippen LogP contribution in [0.5, 0.6) is 28.7 Å². The van der Waals surface area contributed by atoms with Crippen LogP contribution < -0.4 is 29.0 Å². The van der Waals surface area contributed by atoms with Gasteiger partial charge in [-0.3, -0.25) is 14.6 Å². The molecule has 14 nitrogen and oxygen atoms in total. The lowest BCUT2D eigenvalue weighted by Crippen LogP contribution is -2.69. The molecule has 6 heterocycles. The topological polar surface area (TPSA) is 158 Å². The van der Waals surface area contributed by atoms with E-state index >= 15 is 0 Å². The number of benzene rings is 2. The molecule has 0 aromatic heterocycles. The minimum atomic E-state index is -1.09. The fraction of sp³-hybridized carbons (Fsp3) is 0.474. The third-order valence-corrected chi connectivity index (χ3v) is 12.0. The molecule has 53 heavy (non-hydrogen) atoms.